The van der Waals surface area contributed by atoms with Crippen LogP contribution in [0.15, 0.2) is 17.0 Å². The van der Waals surface area contributed by atoms with E-state index >= 15 is 0 Å². The van der Waals surface area contributed by atoms with Crippen molar-refractivity contribution in [3.8, 4) is 0 Å². The first-order valence-electron chi connectivity index (χ1n) is 10.3. The highest BCUT2D eigenvalue weighted by molar-refractivity contribution is 8.18. The van der Waals surface area contributed by atoms with Crippen molar-refractivity contribution in [3.63, 3.8) is 0 Å². The van der Waals surface area contributed by atoms with Gasteiger partial charge in [0.1, 0.15) is 6.04 Å². The van der Waals surface area contributed by atoms with Crippen LogP contribution < -0.4 is 4.90 Å². The molecule has 0 aromatic heterocycles. The number of ether oxygens (including phenoxy) is 1. The van der Waals surface area contributed by atoms with Gasteiger partial charge in [0, 0.05) is 18.3 Å². The van der Waals surface area contributed by atoms with Crippen molar-refractivity contribution in [3.05, 3.63) is 33.7 Å². The summed E-state index contributed by atoms with van der Waals surface area (Å²) in [6, 6.07) is 3.34. The van der Waals surface area contributed by atoms with E-state index in [0.717, 1.165) is 34.2 Å². The van der Waals surface area contributed by atoms with E-state index in [1.807, 2.05) is 6.92 Å². The first-order chi connectivity index (χ1) is 14.0. The SMILES string of the molecule is CCOC(=O)C(C)N1C(=O)S/C(=C\c2cc3c(cc2C)N(C)C(C)(C)CC3C)C1=O. The van der Waals surface area contributed by atoms with Crippen molar-refractivity contribution in [2.45, 2.75) is 65.5 Å². The molecule has 2 aliphatic heterocycles. The van der Waals surface area contributed by atoms with Crippen LogP contribution in [-0.2, 0) is 14.3 Å². The van der Waals surface area contributed by atoms with Crippen LogP contribution >= 0.6 is 11.8 Å². The van der Waals surface area contributed by atoms with Gasteiger partial charge in [0.2, 0.25) is 0 Å². The Bertz CT molecular complexity index is 937. The third-order valence-electron chi connectivity index (χ3n) is 6.15. The molecule has 1 fully saturated rings. The molecule has 1 aromatic carbocycles. The molecule has 3 rings (SSSR count). The summed E-state index contributed by atoms with van der Waals surface area (Å²) in [5.41, 5.74) is 4.48. The van der Waals surface area contributed by atoms with E-state index in [1.165, 1.54) is 18.2 Å². The van der Waals surface area contributed by atoms with Gasteiger partial charge in [0.25, 0.3) is 11.1 Å². The second kappa shape index (κ2) is 8.10. The number of aryl methyl sites for hydroxylation is 1. The number of thioether (sulfide) groups is 1. The summed E-state index contributed by atoms with van der Waals surface area (Å²) in [5, 5.41) is -0.447. The van der Waals surface area contributed by atoms with Gasteiger partial charge in [-0.3, -0.25) is 14.5 Å². The van der Waals surface area contributed by atoms with E-state index < -0.39 is 23.2 Å². The number of hydrogen-bond acceptors (Lipinski definition) is 6. The van der Waals surface area contributed by atoms with Crippen LogP contribution in [0, 0.1) is 6.92 Å². The Morgan fingerprint density at radius 1 is 1.37 bits per heavy atom. The Balaban J connectivity index is 1.95. The summed E-state index contributed by atoms with van der Waals surface area (Å²) in [5.74, 6) is -0.641. The smallest absolute Gasteiger partial charge is 0.329 e. The predicted octanol–water partition coefficient (Wildman–Crippen LogP) is 4.70. The number of imide groups is 1. The predicted molar refractivity (Wildman–Crippen MR) is 121 cm³/mol. The van der Waals surface area contributed by atoms with Gasteiger partial charge in [-0.25, -0.2) is 4.79 Å². The van der Waals surface area contributed by atoms with Crippen molar-refractivity contribution < 1.29 is 19.1 Å². The lowest BCUT2D eigenvalue weighted by atomic mass is 9.79. The van der Waals surface area contributed by atoms with Gasteiger partial charge in [-0.1, -0.05) is 6.92 Å². The van der Waals surface area contributed by atoms with Crippen LogP contribution in [0.25, 0.3) is 6.08 Å². The van der Waals surface area contributed by atoms with E-state index in [-0.39, 0.29) is 12.1 Å². The molecule has 0 saturated carbocycles. The molecule has 0 N–H and O–H groups in total. The van der Waals surface area contributed by atoms with E-state index in [2.05, 4.69) is 44.9 Å². The van der Waals surface area contributed by atoms with Gasteiger partial charge in [0.15, 0.2) is 0 Å². The monoisotopic (exact) mass is 430 g/mol. The number of amides is 2. The first kappa shape index (κ1) is 22.4. The average molecular weight is 431 g/mol. The highest BCUT2D eigenvalue weighted by Crippen LogP contribution is 2.44. The lowest BCUT2D eigenvalue weighted by molar-refractivity contribution is -0.150. The second-order valence-electron chi connectivity index (χ2n) is 8.72. The van der Waals surface area contributed by atoms with Crippen LogP contribution in [0.5, 0.6) is 0 Å². The Hall–Kier alpha value is -2.28. The Morgan fingerprint density at radius 2 is 2.03 bits per heavy atom. The fraction of sp³-hybridized carbons (Fsp3) is 0.522. The van der Waals surface area contributed by atoms with Gasteiger partial charge in [-0.15, -0.1) is 0 Å². The number of hydrogen-bond donors (Lipinski definition) is 0. The molecule has 0 spiro atoms. The number of fused-ring (bicyclic) bond motifs is 1. The number of anilines is 1. The molecule has 0 aliphatic carbocycles. The molecule has 0 bridgehead atoms. The standard InChI is InChI=1S/C23H30N2O4S/c1-8-29-21(27)15(4)25-20(26)19(30-22(25)28)11-16-10-17-14(3)12-23(5,6)24(7)18(17)9-13(16)2/h9-11,14-15H,8,12H2,1-7H3/b19-11-. The summed E-state index contributed by atoms with van der Waals surface area (Å²) in [6.07, 6.45) is 2.80. The molecule has 2 unspecified atom stereocenters. The van der Waals surface area contributed by atoms with Crippen LogP contribution in [-0.4, -0.2) is 47.3 Å². The van der Waals surface area contributed by atoms with Crippen LogP contribution in [0.4, 0.5) is 10.5 Å². The van der Waals surface area contributed by atoms with Crippen molar-refractivity contribution >= 4 is 40.6 Å². The number of carbonyl (C=O) groups excluding carboxylic acids is 3. The van der Waals surface area contributed by atoms with Crippen LogP contribution in [0.1, 0.15) is 63.6 Å². The van der Waals surface area contributed by atoms with E-state index in [1.54, 1.807) is 13.0 Å². The Morgan fingerprint density at radius 3 is 2.67 bits per heavy atom. The Labute approximate surface area is 182 Å². The largest absolute Gasteiger partial charge is 0.464 e. The summed E-state index contributed by atoms with van der Waals surface area (Å²) in [4.78, 5) is 41.0. The van der Waals surface area contributed by atoms with Crippen LogP contribution in [0.2, 0.25) is 0 Å². The molecule has 1 saturated heterocycles. The minimum Gasteiger partial charge on any atom is -0.464 e. The maximum absolute atomic E-state index is 12.9. The summed E-state index contributed by atoms with van der Waals surface area (Å²) < 4.78 is 4.97. The summed E-state index contributed by atoms with van der Waals surface area (Å²) in [7, 11) is 2.12. The maximum Gasteiger partial charge on any atom is 0.329 e. The topological polar surface area (TPSA) is 66.9 Å². The zero-order chi connectivity index (χ0) is 22.4. The molecule has 7 heteroatoms. The molecule has 1 aromatic rings. The minimum absolute atomic E-state index is 0.0757. The zero-order valence-corrected chi connectivity index (χ0v) is 19.6. The molecule has 2 amide bonds. The molecular weight excluding hydrogens is 400 g/mol. The number of carbonyl (C=O) groups is 3. The Kier molecular flexibility index (Phi) is 6.05. The van der Waals surface area contributed by atoms with Crippen molar-refractivity contribution in [1.82, 2.24) is 4.90 Å². The van der Waals surface area contributed by atoms with Gasteiger partial charge < -0.3 is 9.64 Å². The fourth-order valence-corrected chi connectivity index (χ4v) is 5.11. The average Bonchev–Trinajstić information content (AvgIpc) is 2.93. The summed E-state index contributed by atoms with van der Waals surface area (Å²) in [6.45, 7) is 12.1. The number of rotatable bonds is 4. The van der Waals surface area contributed by atoms with Crippen molar-refractivity contribution in [2.24, 2.45) is 0 Å². The molecule has 2 atom stereocenters. The van der Waals surface area contributed by atoms with Gasteiger partial charge in [0.05, 0.1) is 11.5 Å². The van der Waals surface area contributed by atoms with Gasteiger partial charge in [-0.05, 0) is 93.6 Å². The minimum atomic E-state index is -0.941. The summed E-state index contributed by atoms with van der Waals surface area (Å²) >= 11 is 0.868. The fourth-order valence-electron chi connectivity index (χ4n) is 4.21. The number of esters is 1. The van der Waals surface area contributed by atoms with Crippen LogP contribution in [0.3, 0.4) is 0 Å². The van der Waals surface area contributed by atoms with Gasteiger partial charge in [-0.2, -0.15) is 0 Å². The highest BCUT2D eigenvalue weighted by Gasteiger charge is 2.41. The molecule has 30 heavy (non-hydrogen) atoms. The lowest BCUT2D eigenvalue weighted by Crippen LogP contribution is -2.45. The maximum atomic E-state index is 12.9. The number of benzene rings is 1. The van der Waals surface area contributed by atoms with E-state index in [0.29, 0.717) is 10.8 Å². The van der Waals surface area contributed by atoms with Gasteiger partial charge >= 0.3 is 5.97 Å². The van der Waals surface area contributed by atoms with E-state index in [9.17, 15) is 14.4 Å². The first-order valence-corrected chi connectivity index (χ1v) is 11.1. The highest BCUT2D eigenvalue weighted by atomic mass is 32.2. The third kappa shape index (κ3) is 3.87. The zero-order valence-electron chi connectivity index (χ0n) is 18.7. The molecule has 6 nitrogen and oxygen atoms in total. The molecule has 2 aliphatic rings. The number of nitrogens with zero attached hydrogens (tertiary/aromatic N) is 2. The lowest BCUT2D eigenvalue weighted by Gasteiger charge is -2.45. The normalized spacial score (nSPS) is 23.0. The third-order valence-corrected chi connectivity index (χ3v) is 7.03. The molecule has 162 valence electrons. The molecule has 2 heterocycles. The van der Waals surface area contributed by atoms with Crippen molar-refractivity contribution in [1.29, 1.82) is 0 Å². The quantitative estimate of drug-likeness (QED) is 0.509. The second-order valence-corrected chi connectivity index (χ2v) is 9.72. The van der Waals surface area contributed by atoms with Crippen molar-refractivity contribution in [2.75, 3.05) is 18.6 Å². The molecule has 0 radical (unpaired) electrons. The van der Waals surface area contributed by atoms with E-state index in [4.69, 9.17) is 4.74 Å². The molecular formula is C23H30N2O4S.